The number of amides is 1. The maximum Gasteiger partial charge on any atom is 0.232 e. The van der Waals surface area contributed by atoms with Crippen LogP contribution in [0.5, 0.6) is 0 Å². The molecule has 1 saturated heterocycles. The van der Waals surface area contributed by atoms with E-state index in [1.54, 1.807) is 0 Å². The van der Waals surface area contributed by atoms with Crippen molar-refractivity contribution in [3.05, 3.63) is 96.1 Å². The van der Waals surface area contributed by atoms with Crippen LogP contribution in [0, 0.1) is 5.92 Å². The number of aliphatic hydroxyl groups is 1. The number of piperidine rings is 1. The highest BCUT2D eigenvalue weighted by Gasteiger charge is 2.31. The van der Waals surface area contributed by atoms with Crippen LogP contribution in [0.1, 0.15) is 36.6 Å². The molecule has 2 heterocycles. The molecule has 1 N–H and O–H groups in total. The maximum absolute atomic E-state index is 13.3. The summed E-state index contributed by atoms with van der Waals surface area (Å²) >= 11 is 0. The third-order valence-corrected chi connectivity index (χ3v) is 7.17. The largest absolute Gasteiger partial charge is 0.374 e. The Balaban J connectivity index is 1.13. The normalized spacial score (nSPS) is 19.1. The quantitative estimate of drug-likeness (QED) is 0.547. The summed E-state index contributed by atoms with van der Waals surface area (Å²) in [5.41, 5.74) is 4.11. The maximum atomic E-state index is 13.3. The highest BCUT2D eigenvalue weighted by Crippen LogP contribution is 2.33. The molecule has 0 saturated carbocycles. The zero-order valence-electron chi connectivity index (χ0n) is 19.6. The van der Waals surface area contributed by atoms with Crippen LogP contribution < -0.4 is 4.90 Å². The van der Waals surface area contributed by atoms with Crippen LogP contribution in [0.15, 0.2) is 84.9 Å². The Morgan fingerprint density at radius 3 is 2.06 bits per heavy atom. The molecule has 2 aliphatic heterocycles. The molecule has 5 heteroatoms. The molecular formula is C29H33N3O2. The van der Waals surface area contributed by atoms with Crippen molar-refractivity contribution in [2.75, 3.05) is 31.1 Å². The lowest BCUT2D eigenvalue weighted by atomic mass is 9.96. The lowest BCUT2D eigenvalue weighted by Gasteiger charge is -2.35. The van der Waals surface area contributed by atoms with Gasteiger partial charge in [-0.25, -0.2) is 0 Å². The van der Waals surface area contributed by atoms with Crippen LogP contribution in [-0.4, -0.2) is 47.0 Å². The fourth-order valence-electron chi connectivity index (χ4n) is 5.28. The third-order valence-electron chi connectivity index (χ3n) is 7.17. The van der Waals surface area contributed by atoms with Crippen molar-refractivity contribution in [1.29, 1.82) is 0 Å². The number of likely N-dealkylation sites (tertiary alicyclic amines) is 1. The second-order valence-electron chi connectivity index (χ2n) is 9.44. The number of anilines is 2. The summed E-state index contributed by atoms with van der Waals surface area (Å²) in [5.74, 6) is 0.707. The predicted molar refractivity (Wildman–Crippen MR) is 136 cm³/mol. The van der Waals surface area contributed by atoms with Crippen LogP contribution in [-0.2, 0) is 11.3 Å². The van der Waals surface area contributed by atoms with Gasteiger partial charge < -0.3 is 10.0 Å². The Labute approximate surface area is 202 Å². The van der Waals surface area contributed by atoms with Gasteiger partial charge >= 0.3 is 0 Å². The van der Waals surface area contributed by atoms with E-state index in [1.165, 1.54) is 5.56 Å². The van der Waals surface area contributed by atoms with Gasteiger partial charge in [0, 0.05) is 37.4 Å². The van der Waals surface area contributed by atoms with Gasteiger partial charge in [-0.05, 0) is 67.2 Å². The van der Waals surface area contributed by atoms with Gasteiger partial charge in [0.15, 0.2) is 0 Å². The minimum Gasteiger partial charge on any atom is -0.374 e. The van der Waals surface area contributed by atoms with Gasteiger partial charge in [0.2, 0.25) is 5.91 Å². The summed E-state index contributed by atoms with van der Waals surface area (Å²) in [4.78, 5) is 19.7. The second-order valence-corrected chi connectivity index (χ2v) is 9.44. The molecular weight excluding hydrogens is 422 g/mol. The number of hydrogen-bond acceptors (Lipinski definition) is 4. The van der Waals surface area contributed by atoms with E-state index in [1.807, 2.05) is 83.8 Å². The summed E-state index contributed by atoms with van der Waals surface area (Å²) < 4.78 is 0. The van der Waals surface area contributed by atoms with Crippen LogP contribution >= 0.6 is 0 Å². The minimum atomic E-state index is -0.478. The van der Waals surface area contributed by atoms with E-state index in [2.05, 4.69) is 15.9 Å². The second kappa shape index (κ2) is 10.5. The molecule has 0 bridgehead atoms. The van der Waals surface area contributed by atoms with Gasteiger partial charge in [0.05, 0.1) is 0 Å². The first kappa shape index (κ1) is 22.8. The molecule has 0 aromatic heterocycles. The highest BCUT2D eigenvalue weighted by atomic mass is 16.3. The Morgan fingerprint density at radius 2 is 1.44 bits per heavy atom. The highest BCUT2D eigenvalue weighted by molar-refractivity contribution is 6.00. The van der Waals surface area contributed by atoms with Crippen molar-refractivity contribution >= 4 is 17.3 Å². The summed E-state index contributed by atoms with van der Waals surface area (Å²) in [6.07, 6.45) is 2.23. The average Bonchev–Trinajstić information content (AvgIpc) is 3.20. The van der Waals surface area contributed by atoms with Gasteiger partial charge in [-0.1, -0.05) is 60.7 Å². The number of fused-ring (bicyclic) bond motifs is 1. The molecule has 5 nitrogen and oxygen atoms in total. The van der Waals surface area contributed by atoms with Crippen LogP contribution in [0.2, 0.25) is 0 Å². The van der Waals surface area contributed by atoms with E-state index < -0.39 is 6.23 Å². The van der Waals surface area contributed by atoms with E-state index in [9.17, 15) is 9.90 Å². The number of para-hydroxylation sites is 2. The third kappa shape index (κ3) is 5.07. The van der Waals surface area contributed by atoms with Gasteiger partial charge in [0.1, 0.15) is 6.23 Å². The number of hydrogen-bond donors (Lipinski definition) is 1. The molecule has 3 aromatic rings. The van der Waals surface area contributed by atoms with Gasteiger partial charge in [-0.3, -0.25) is 14.6 Å². The summed E-state index contributed by atoms with van der Waals surface area (Å²) in [7, 11) is 0. The van der Waals surface area contributed by atoms with E-state index in [0.717, 1.165) is 62.5 Å². The van der Waals surface area contributed by atoms with Crippen molar-refractivity contribution in [3.8, 4) is 0 Å². The van der Waals surface area contributed by atoms with Crippen molar-refractivity contribution < 1.29 is 9.90 Å². The smallest absolute Gasteiger partial charge is 0.232 e. The predicted octanol–water partition coefficient (Wildman–Crippen LogP) is 4.96. The minimum absolute atomic E-state index is 0.123. The number of carbonyl (C=O) groups excluding carboxylic acids is 1. The van der Waals surface area contributed by atoms with Crippen molar-refractivity contribution in [3.63, 3.8) is 0 Å². The van der Waals surface area contributed by atoms with Gasteiger partial charge in [-0.15, -0.1) is 0 Å². The monoisotopic (exact) mass is 455 g/mol. The molecule has 1 amide bonds. The Kier molecular flexibility index (Phi) is 7.05. The molecule has 0 radical (unpaired) electrons. The molecule has 0 aliphatic carbocycles. The molecule has 1 unspecified atom stereocenters. The standard InChI is InChI=1S/C29H33N3O2/c33-28(32(25-10-3-1-4-11-25)26-12-5-2-6-13-26)17-20-30-18-15-23(16-19-30)21-31-22-24-9-7-8-14-27(24)29(31)34/h1-14,23,29,34H,15-22H2. The lowest BCUT2D eigenvalue weighted by Crippen LogP contribution is -2.40. The number of carbonyl (C=O) groups is 1. The Morgan fingerprint density at radius 1 is 0.853 bits per heavy atom. The molecule has 0 spiro atoms. The number of benzene rings is 3. The molecule has 5 rings (SSSR count). The van der Waals surface area contributed by atoms with E-state index in [0.29, 0.717) is 12.3 Å². The van der Waals surface area contributed by atoms with Crippen molar-refractivity contribution in [2.24, 2.45) is 5.92 Å². The summed E-state index contributed by atoms with van der Waals surface area (Å²) in [6, 6.07) is 28.0. The van der Waals surface area contributed by atoms with E-state index in [-0.39, 0.29) is 5.91 Å². The zero-order chi connectivity index (χ0) is 23.3. The summed E-state index contributed by atoms with van der Waals surface area (Å²) in [6.45, 7) is 4.55. The lowest BCUT2D eigenvalue weighted by molar-refractivity contribution is -0.118. The Hall–Kier alpha value is -2.99. The molecule has 2 aliphatic rings. The average molecular weight is 456 g/mol. The van der Waals surface area contributed by atoms with E-state index in [4.69, 9.17) is 0 Å². The molecule has 176 valence electrons. The molecule has 34 heavy (non-hydrogen) atoms. The van der Waals surface area contributed by atoms with E-state index >= 15 is 0 Å². The molecule has 3 aromatic carbocycles. The van der Waals surface area contributed by atoms with Crippen LogP contribution in [0.3, 0.4) is 0 Å². The van der Waals surface area contributed by atoms with Crippen molar-refractivity contribution in [1.82, 2.24) is 9.80 Å². The van der Waals surface area contributed by atoms with Gasteiger partial charge in [0.25, 0.3) is 0 Å². The topological polar surface area (TPSA) is 47.0 Å². The fraction of sp³-hybridized carbons (Fsp3) is 0.345. The Bertz CT molecular complexity index is 1040. The fourth-order valence-corrected chi connectivity index (χ4v) is 5.28. The van der Waals surface area contributed by atoms with Crippen LogP contribution in [0.4, 0.5) is 11.4 Å². The number of nitrogens with zero attached hydrogens (tertiary/aromatic N) is 3. The zero-order valence-corrected chi connectivity index (χ0v) is 19.6. The number of aliphatic hydroxyl groups excluding tert-OH is 1. The SMILES string of the molecule is O=C(CCN1CCC(CN2Cc3ccccc3C2O)CC1)N(c1ccccc1)c1ccccc1. The van der Waals surface area contributed by atoms with Crippen LogP contribution in [0.25, 0.3) is 0 Å². The first-order chi connectivity index (χ1) is 16.7. The van der Waals surface area contributed by atoms with Gasteiger partial charge in [-0.2, -0.15) is 0 Å². The first-order valence-electron chi connectivity index (χ1n) is 12.3. The number of rotatable bonds is 7. The molecule has 1 fully saturated rings. The van der Waals surface area contributed by atoms with Crippen molar-refractivity contribution in [2.45, 2.75) is 32.0 Å². The first-order valence-corrected chi connectivity index (χ1v) is 12.3. The summed E-state index contributed by atoms with van der Waals surface area (Å²) in [5, 5.41) is 10.7. The molecule has 1 atom stereocenters.